The number of ether oxygens (including phenoxy) is 3. The van der Waals surface area contributed by atoms with Gasteiger partial charge in [-0.25, -0.2) is 4.79 Å². The van der Waals surface area contributed by atoms with E-state index in [-0.39, 0.29) is 63.8 Å². The van der Waals surface area contributed by atoms with Crippen molar-refractivity contribution in [2.45, 2.75) is 72.9 Å². The number of allylic oxidation sites excluding steroid dienone is 4. The fraction of sp³-hybridized carbons (Fsp3) is 0.321. The van der Waals surface area contributed by atoms with E-state index >= 15 is 0 Å². The summed E-state index contributed by atoms with van der Waals surface area (Å²) >= 11 is 0. The summed E-state index contributed by atoms with van der Waals surface area (Å²) in [5.74, 6) is 1.79. The highest BCUT2D eigenvalue weighted by Gasteiger charge is 2.80. The first-order valence-electron chi connectivity index (χ1n) is 23.0. The lowest BCUT2D eigenvalue weighted by atomic mass is 9.63. The molecule has 71 heavy (non-hydrogen) atoms. The Kier molecular flexibility index (Phi) is 13.1. The highest BCUT2D eigenvalue weighted by Crippen LogP contribution is 2.52. The largest absolute Gasteiger partial charge is 0.508 e. The number of aromatic amines is 1. The van der Waals surface area contributed by atoms with Crippen LogP contribution in [0.1, 0.15) is 64.8 Å². The number of benzene rings is 3. The van der Waals surface area contributed by atoms with E-state index in [4.69, 9.17) is 24.4 Å². The van der Waals surface area contributed by atoms with Gasteiger partial charge in [0.2, 0.25) is 28.7 Å². The molecule has 5 aromatic rings. The molecule has 6 aliphatic rings. The van der Waals surface area contributed by atoms with Gasteiger partial charge in [-0.2, -0.15) is 0 Å². The number of aliphatic carboxylic acids is 1. The Morgan fingerprint density at radius 3 is 2.58 bits per heavy atom. The van der Waals surface area contributed by atoms with Crippen LogP contribution in [0.2, 0.25) is 0 Å². The van der Waals surface area contributed by atoms with Gasteiger partial charge in [0.15, 0.2) is 11.4 Å². The SMILES string of the molecule is NC(=O)c1oc2cc(O[C@@H]3O[C@]4(C(=O)O)C=CC(=O)[C@@]5(OCSSC[C@@H](c6cc[nH]c6)[C@@H]([C@H]6CC#CCC[C@@H]7C=C/C(=C/C6)c6ccccc67)CN[C@@H](O)[C@]35O)[C@@H]4O)ccc2c(=O)c1-c1ccc(O)cc1. The number of aliphatic hydroxyl groups is 3. The molecule has 4 aliphatic carbocycles. The number of fused-ring (bicyclic) bond motifs is 8. The Hall–Kier alpha value is -6.40. The number of H-pyrrole nitrogens is 1. The molecule has 4 bridgehead atoms. The number of nitrogens with one attached hydrogen (secondary N) is 2. The molecule has 0 unspecified atom stereocenters. The second-order valence-corrected chi connectivity index (χ2v) is 20.7. The monoisotopic (exact) mass is 999 g/mol. The van der Waals surface area contributed by atoms with E-state index in [1.807, 2.05) is 30.6 Å². The van der Waals surface area contributed by atoms with Gasteiger partial charge in [-0.1, -0.05) is 76.2 Å². The van der Waals surface area contributed by atoms with Crippen LogP contribution >= 0.6 is 21.6 Å². The third-order valence-electron chi connectivity index (χ3n) is 14.4. The minimum absolute atomic E-state index is 0.0119. The molecule has 9 N–H and O–H groups in total. The van der Waals surface area contributed by atoms with E-state index < -0.39 is 70.2 Å². The van der Waals surface area contributed by atoms with Crippen molar-refractivity contribution >= 4 is 55.8 Å². The van der Waals surface area contributed by atoms with Crippen molar-refractivity contribution in [1.29, 1.82) is 0 Å². The number of aromatic nitrogens is 1. The number of carbonyl (C=O) groups excluding carboxylic acids is 2. The Labute approximate surface area is 414 Å². The minimum atomic E-state index is -3.15. The molecule has 2 fully saturated rings. The Morgan fingerprint density at radius 2 is 1.80 bits per heavy atom. The molecule has 3 aromatic carbocycles. The third kappa shape index (κ3) is 8.29. The predicted octanol–water partition coefficient (Wildman–Crippen LogP) is 5.73. The first-order valence-corrected chi connectivity index (χ1v) is 25.5. The van der Waals surface area contributed by atoms with Gasteiger partial charge in [-0.15, -0.1) is 11.8 Å². The van der Waals surface area contributed by atoms with E-state index in [1.54, 1.807) is 0 Å². The van der Waals surface area contributed by atoms with Crippen molar-refractivity contribution < 1.29 is 58.5 Å². The minimum Gasteiger partial charge on any atom is -0.508 e. The number of rotatable bonds is 7. The number of nitrogens with two attached hydrogens (primary N) is 1. The fourth-order valence-corrected chi connectivity index (χ4v) is 12.7. The van der Waals surface area contributed by atoms with Crippen molar-refractivity contribution in [3.63, 3.8) is 0 Å². The second kappa shape index (κ2) is 19.3. The highest BCUT2D eigenvalue weighted by atomic mass is 33.1. The van der Waals surface area contributed by atoms with Crippen LogP contribution in [0.25, 0.3) is 27.7 Å². The number of carbonyl (C=O) groups is 3. The van der Waals surface area contributed by atoms with Gasteiger partial charge in [-0.05, 0) is 101 Å². The van der Waals surface area contributed by atoms with Crippen LogP contribution in [0.4, 0.5) is 0 Å². The molecule has 1 spiro atoms. The smallest absolute Gasteiger partial charge is 0.343 e. The number of hydrogen-bond donors (Lipinski definition) is 8. The Balaban J connectivity index is 1.06. The Bertz CT molecular complexity index is 3120. The normalized spacial score (nSPS) is 31.5. The average Bonchev–Trinajstić information content (AvgIpc) is 3.90. The summed E-state index contributed by atoms with van der Waals surface area (Å²) in [7, 11) is 2.59. The lowest BCUT2D eigenvalue weighted by Crippen LogP contribution is -2.87. The molecule has 0 saturated carbocycles. The standard InChI is InChI=1S/C53H49N3O13S2/c54-46(60)45-43(32-14-16-34(57)17-15-32)44(59)38-19-18-35(24-41(38)68-45)67-50-52(65)48(62)56-26-39(30-7-3-1-2-6-29-10-12-31(13-11-30)37-9-5-4-8-36(29)37)40(33-21-23-55-25-33)27-70-71-28-66-53(52)42(58)20-22-51(69-50,47(53)61)49(63)64/h4-5,8-10,12-25,29-30,39-40,47-48,50,55-57,61-62,65H,2,6-7,11,26-28H2,(H2,54,60)(H,63,64)/b31-13-/t29-,30+,39-,40+,47-,48+,50-,51-,52+,53-/m1/s1. The maximum atomic E-state index is 14.5. The molecule has 18 heteroatoms. The van der Waals surface area contributed by atoms with E-state index in [0.717, 1.165) is 41.3 Å². The van der Waals surface area contributed by atoms with Crippen LogP contribution in [-0.4, -0.2) is 102 Å². The van der Waals surface area contributed by atoms with E-state index in [0.29, 0.717) is 25.0 Å². The first-order chi connectivity index (χ1) is 34.3. The van der Waals surface area contributed by atoms with Crippen LogP contribution in [-0.2, 0) is 19.1 Å². The summed E-state index contributed by atoms with van der Waals surface area (Å²) < 4.78 is 24.6. The fourth-order valence-electron chi connectivity index (χ4n) is 10.7. The molecule has 10 atom stereocenters. The van der Waals surface area contributed by atoms with Crippen molar-refractivity contribution in [3.8, 4) is 34.5 Å². The summed E-state index contributed by atoms with van der Waals surface area (Å²) in [6, 6.07) is 19.5. The predicted molar refractivity (Wildman–Crippen MR) is 265 cm³/mol. The number of ketones is 1. The van der Waals surface area contributed by atoms with Gasteiger partial charge in [-0.3, -0.25) is 19.7 Å². The second-order valence-electron chi connectivity index (χ2n) is 18.2. The average molecular weight is 1000 g/mol. The van der Waals surface area contributed by atoms with Gasteiger partial charge < -0.3 is 54.9 Å². The topological polar surface area (TPSA) is 264 Å². The summed E-state index contributed by atoms with van der Waals surface area (Å²) in [6.45, 7) is -0.0119. The van der Waals surface area contributed by atoms with Crippen molar-refractivity contribution in [3.05, 3.63) is 148 Å². The molecule has 4 heterocycles. The lowest BCUT2D eigenvalue weighted by Gasteiger charge is -2.60. The molecular formula is C53H49N3O13S2. The molecule has 2 aliphatic heterocycles. The first kappa shape index (κ1) is 48.2. The maximum absolute atomic E-state index is 14.5. The van der Waals surface area contributed by atoms with Gasteiger partial charge in [0.05, 0.1) is 10.9 Å². The third-order valence-corrected chi connectivity index (χ3v) is 16.5. The highest BCUT2D eigenvalue weighted by molar-refractivity contribution is 8.76. The lowest BCUT2D eigenvalue weighted by molar-refractivity contribution is -0.382. The number of aromatic hydroxyl groups is 1. The van der Waals surface area contributed by atoms with Gasteiger partial charge >= 0.3 is 5.97 Å². The number of amides is 1. The van der Waals surface area contributed by atoms with Crippen LogP contribution in [0.3, 0.4) is 0 Å². The zero-order valence-electron chi connectivity index (χ0n) is 37.9. The maximum Gasteiger partial charge on any atom is 0.343 e. The number of phenolic OH excluding ortho intramolecular Hbond substituents is 1. The zero-order chi connectivity index (χ0) is 49.7. The summed E-state index contributed by atoms with van der Waals surface area (Å²) in [4.78, 5) is 57.7. The van der Waals surface area contributed by atoms with E-state index in [2.05, 4.69) is 52.5 Å². The quantitative estimate of drug-likeness (QED) is 0.0715. The van der Waals surface area contributed by atoms with Crippen LogP contribution < -0.4 is 21.2 Å². The summed E-state index contributed by atoms with van der Waals surface area (Å²) in [5, 5.41) is 61.9. The zero-order valence-corrected chi connectivity index (χ0v) is 39.5. The molecule has 1 amide bonds. The van der Waals surface area contributed by atoms with Crippen LogP contribution in [0.5, 0.6) is 11.5 Å². The van der Waals surface area contributed by atoms with Crippen molar-refractivity contribution in [2.75, 3.05) is 18.2 Å². The molecular weight excluding hydrogens is 951 g/mol. The molecule has 0 radical (unpaired) electrons. The van der Waals surface area contributed by atoms with Gasteiger partial charge in [0, 0.05) is 49.5 Å². The molecule has 366 valence electrons. The van der Waals surface area contributed by atoms with E-state index in [1.165, 1.54) is 63.5 Å². The van der Waals surface area contributed by atoms with Gasteiger partial charge in [0.25, 0.3) is 5.91 Å². The number of primary amides is 1. The molecule has 11 rings (SSSR count). The van der Waals surface area contributed by atoms with Gasteiger partial charge in [0.1, 0.15) is 35.4 Å². The molecule has 2 saturated heterocycles. The number of carboxylic acids is 1. The summed E-state index contributed by atoms with van der Waals surface area (Å²) in [6.07, 6.45) is 7.64. The number of phenols is 1. The number of carboxylic acid groups (broad SMARTS) is 1. The number of hydrogen-bond acceptors (Lipinski definition) is 15. The molecule has 2 aromatic heterocycles. The van der Waals surface area contributed by atoms with Crippen LogP contribution in [0, 0.1) is 23.7 Å². The van der Waals surface area contributed by atoms with Crippen molar-refractivity contribution in [2.24, 2.45) is 17.6 Å². The summed E-state index contributed by atoms with van der Waals surface area (Å²) in [5.41, 5.74) is 0.470. The van der Waals surface area contributed by atoms with Crippen LogP contribution in [0.15, 0.2) is 125 Å². The molecule has 16 nitrogen and oxygen atoms in total. The number of aliphatic hydroxyl groups excluding tert-OH is 2. The van der Waals surface area contributed by atoms with Crippen molar-refractivity contribution in [1.82, 2.24) is 10.3 Å². The van der Waals surface area contributed by atoms with E-state index in [9.17, 15) is 44.7 Å². The Morgan fingerprint density at radius 1 is 0.986 bits per heavy atom.